The largest absolute Gasteiger partial charge is 0.390 e. The van der Waals surface area contributed by atoms with E-state index in [4.69, 9.17) is 0 Å². The molecule has 3 atom stereocenters. The van der Waals surface area contributed by atoms with Gasteiger partial charge in [-0.2, -0.15) is 0 Å². The average molecular weight is 519 g/mol. The van der Waals surface area contributed by atoms with Gasteiger partial charge in [-0.15, -0.1) is 10.8 Å². The molecule has 1 aliphatic heterocycles. The molecule has 8 nitrogen and oxygen atoms in total. The number of aliphatic hydroxyl groups excluding tert-OH is 1. The molecule has 1 amide bonds. The van der Waals surface area contributed by atoms with Gasteiger partial charge in [-0.3, -0.25) is 18.2 Å². The van der Waals surface area contributed by atoms with Gasteiger partial charge in [0.2, 0.25) is 0 Å². The molecule has 1 fully saturated rings. The Morgan fingerprint density at radius 3 is 2.53 bits per heavy atom. The van der Waals surface area contributed by atoms with Crippen LogP contribution in [0.15, 0.2) is 48.5 Å². The number of nitrogens with one attached hydrogen (secondary N) is 3. The van der Waals surface area contributed by atoms with E-state index in [1.54, 1.807) is 16.4 Å². The zero-order chi connectivity index (χ0) is 26.1. The molecule has 6 N–H and O–H groups in total. The van der Waals surface area contributed by atoms with E-state index in [1.165, 1.54) is 0 Å². The summed E-state index contributed by atoms with van der Waals surface area (Å²) >= 11 is 0. The van der Waals surface area contributed by atoms with E-state index in [0.717, 1.165) is 30.5 Å². The fourth-order valence-corrected chi connectivity index (χ4v) is 5.99. The first-order chi connectivity index (χ1) is 17.2. The van der Waals surface area contributed by atoms with E-state index in [9.17, 15) is 19.0 Å². The summed E-state index contributed by atoms with van der Waals surface area (Å²) in [6.07, 6.45) is 2.27. The fourth-order valence-electron chi connectivity index (χ4n) is 4.31. The number of hydrogen-bond acceptors (Lipinski definition) is 7. The van der Waals surface area contributed by atoms with Gasteiger partial charge in [-0.05, 0) is 63.3 Å². The van der Waals surface area contributed by atoms with Crippen molar-refractivity contribution in [2.75, 3.05) is 35.0 Å². The Balaban J connectivity index is 1.85. The van der Waals surface area contributed by atoms with Crippen LogP contribution in [0.5, 0.6) is 0 Å². The Morgan fingerprint density at radius 2 is 1.86 bits per heavy atom. The Labute approximate surface area is 217 Å². The molecule has 36 heavy (non-hydrogen) atoms. The lowest BCUT2D eigenvalue weighted by Crippen LogP contribution is -2.49. The number of amides is 1. The molecule has 0 spiro atoms. The highest BCUT2D eigenvalue weighted by atomic mass is 32.3. The lowest BCUT2D eigenvalue weighted by atomic mass is 10.00. The van der Waals surface area contributed by atoms with Crippen LogP contribution >= 0.6 is 10.8 Å². The number of hydrogen-bond donors (Lipinski definition) is 6. The second-order valence-corrected chi connectivity index (χ2v) is 11.6. The third-order valence-corrected chi connectivity index (χ3v) is 8.53. The molecule has 1 aliphatic rings. The van der Waals surface area contributed by atoms with Gasteiger partial charge in [-0.1, -0.05) is 37.3 Å². The lowest BCUT2D eigenvalue weighted by Gasteiger charge is -2.47. The van der Waals surface area contributed by atoms with Gasteiger partial charge in [-0.25, -0.2) is 0 Å². The number of aliphatic hydroxyl groups is 1. The van der Waals surface area contributed by atoms with Crippen molar-refractivity contribution >= 4 is 28.1 Å². The molecule has 0 aliphatic carbocycles. The van der Waals surface area contributed by atoms with E-state index >= 15 is 0 Å². The number of rotatable bonds is 12. The lowest BCUT2D eigenvalue weighted by molar-refractivity contribution is 0.0825. The quantitative estimate of drug-likeness (QED) is 0.245. The molecule has 0 aromatic heterocycles. The highest BCUT2D eigenvalue weighted by molar-refractivity contribution is 8.25. The molecule has 2 aromatic carbocycles. The van der Waals surface area contributed by atoms with Crippen LogP contribution in [0.1, 0.15) is 56.0 Å². The molecule has 200 valence electrons. The summed E-state index contributed by atoms with van der Waals surface area (Å²) in [6, 6.07) is 14.9. The molecule has 2 aromatic rings. The SMILES string of the molecule is CCNc1cc(C(=O)N[C@@H](Cc2ccccc2)[C@@H](O)CNC(C)CC)cc(N2CCCCS2(O)O)c1. The van der Waals surface area contributed by atoms with Crippen molar-refractivity contribution in [3.05, 3.63) is 59.7 Å². The molecule has 0 bridgehead atoms. The van der Waals surface area contributed by atoms with E-state index in [1.807, 2.05) is 43.3 Å². The zero-order valence-corrected chi connectivity index (χ0v) is 22.4. The Bertz CT molecular complexity index is 976. The standard InChI is InChI=1S/C27H42N4O4S/c1-4-20(3)29-19-26(32)25(15-21-11-7-6-8-12-21)30-27(33)22-16-23(28-5-2)18-24(17-22)31-13-9-10-14-36(31,34)35/h6-8,11-12,16-18,20,25-26,28-29,32,34-35H,4-5,9-10,13-15,19H2,1-3H3,(H,30,33)/t20?,25-,26-/m0/s1. The Morgan fingerprint density at radius 1 is 1.11 bits per heavy atom. The number of anilines is 2. The molecular formula is C27H42N4O4S. The topological polar surface area (TPSA) is 117 Å². The molecule has 3 rings (SSSR count). The van der Waals surface area contributed by atoms with Gasteiger partial charge in [0.15, 0.2) is 0 Å². The number of nitrogens with zero attached hydrogens (tertiary/aromatic N) is 1. The van der Waals surface area contributed by atoms with Crippen molar-refractivity contribution in [3.63, 3.8) is 0 Å². The highest BCUT2D eigenvalue weighted by Gasteiger charge is 2.28. The summed E-state index contributed by atoms with van der Waals surface area (Å²) < 4.78 is 22.9. The first-order valence-electron chi connectivity index (χ1n) is 12.9. The second kappa shape index (κ2) is 13.3. The van der Waals surface area contributed by atoms with Gasteiger partial charge in [0, 0.05) is 36.9 Å². The summed E-state index contributed by atoms with van der Waals surface area (Å²) in [7, 11) is -2.92. The van der Waals surface area contributed by atoms with E-state index in [2.05, 4.69) is 29.8 Å². The van der Waals surface area contributed by atoms with Crippen LogP contribution in [0.3, 0.4) is 0 Å². The first kappa shape index (κ1) is 28.3. The number of carbonyl (C=O) groups is 1. The maximum atomic E-state index is 13.5. The summed E-state index contributed by atoms with van der Waals surface area (Å²) in [4.78, 5) is 13.5. The minimum absolute atomic E-state index is 0.261. The van der Waals surface area contributed by atoms with E-state index < -0.39 is 22.9 Å². The normalized spacial score (nSPS) is 18.7. The Kier molecular flexibility index (Phi) is 10.4. The first-order valence-corrected chi connectivity index (χ1v) is 14.6. The maximum Gasteiger partial charge on any atom is 0.251 e. The van der Waals surface area contributed by atoms with Crippen LogP contribution in [-0.2, 0) is 6.42 Å². The summed E-state index contributed by atoms with van der Waals surface area (Å²) in [6.45, 7) is 7.67. The van der Waals surface area contributed by atoms with Crippen molar-refractivity contribution in [1.29, 1.82) is 0 Å². The van der Waals surface area contributed by atoms with Crippen molar-refractivity contribution in [2.24, 2.45) is 0 Å². The Hall–Kier alpha value is -2.30. The fraction of sp³-hybridized carbons (Fsp3) is 0.519. The summed E-state index contributed by atoms with van der Waals surface area (Å²) in [5.74, 6) is 0.0158. The summed E-state index contributed by atoms with van der Waals surface area (Å²) in [5.41, 5.74) is 2.77. The number of carbonyl (C=O) groups excluding carboxylic acids is 1. The van der Waals surface area contributed by atoms with Gasteiger partial charge in [0.25, 0.3) is 5.91 Å². The van der Waals surface area contributed by atoms with E-state index in [-0.39, 0.29) is 11.9 Å². The van der Waals surface area contributed by atoms with Crippen LogP contribution in [-0.4, -0.2) is 63.7 Å². The molecule has 0 radical (unpaired) electrons. The second-order valence-electron chi connectivity index (χ2n) is 9.50. The number of benzene rings is 2. The van der Waals surface area contributed by atoms with Gasteiger partial charge in [0.1, 0.15) is 0 Å². The van der Waals surface area contributed by atoms with Crippen molar-refractivity contribution in [1.82, 2.24) is 10.6 Å². The average Bonchev–Trinajstić information content (AvgIpc) is 2.87. The zero-order valence-electron chi connectivity index (χ0n) is 21.6. The van der Waals surface area contributed by atoms with Crippen molar-refractivity contribution in [2.45, 2.75) is 64.6 Å². The minimum Gasteiger partial charge on any atom is -0.390 e. The van der Waals surface area contributed by atoms with Crippen molar-refractivity contribution < 1.29 is 19.0 Å². The molecule has 1 heterocycles. The van der Waals surface area contributed by atoms with Crippen LogP contribution in [0, 0.1) is 0 Å². The van der Waals surface area contributed by atoms with Gasteiger partial charge >= 0.3 is 0 Å². The smallest absolute Gasteiger partial charge is 0.251 e. The molecule has 1 saturated heterocycles. The van der Waals surface area contributed by atoms with Crippen LogP contribution < -0.4 is 20.3 Å². The third-order valence-electron chi connectivity index (χ3n) is 6.60. The predicted octanol–water partition coefficient (Wildman–Crippen LogP) is 4.47. The predicted molar refractivity (Wildman–Crippen MR) is 150 cm³/mol. The van der Waals surface area contributed by atoms with Crippen molar-refractivity contribution in [3.8, 4) is 0 Å². The summed E-state index contributed by atoms with van der Waals surface area (Å²) in [5, 5.41) is 20.6. The highest BCUT2D eigenvalue weighted by Crippen LogP contribution is 2.50. The maximum absolute atomic E-state index is 13.5. The van der Waals surface area contributed by atoms with E-state index in [0.29, 0.717) is 43.1 Å². The molecule has 0 saturated carbocycles. The van der Waals surface area contributed by atoms with Crippen LogP contribution in [0.25, 0.3) is 0 Å². The van der Waals surface area contributed by atoms with Gasteiger partial charge in [0.05, 0.1) is 23.6 Å². The van der Waals surface area contributed by atoms with Crippen LogP contribution in [0.2, 0.25) is 0 Å². The van der Waals surface area contributed by atoms with Crippen LogP contribution in [0.4, 0.5) is 11.4 Å². The minimum atomic E-state index is -2.92. The molecule has 1 unspecified atom stereocenters. The third kappa shape index (κ3) is 7.85. The monoisotopic (exact) mass is 518 g/mol. The van der Waals surface area contributed by atoms with Gasteiger partial charge < -0.3 is 21.1 Å². The molecule has 9 heteroatoms. The molecular weight excluding hydrogens is 476 g/mol.